The molecular formula is C10H7Cl5N4. The van der Waals surface area contributed by atoms with Crippen molar-refractivity contribution >= 4 is 58.0 Å². The second-order valence-electron chi connectivity index (χ2n) is 3.72. The summed E-state index contributed by atoms with van der Waals surface area (Å²) in [5.41, 5.74) is 0.963. The highest BCUT2D eigenvalue weighted by atomic mass is 35.6. The summed E-state index contributed by atoms with van der Waals surface area (Å²) in [7, 11) is 0. The molecule has 9 heteroatoms. The van der Waals surface area contributed by atoms with E-state index in [1.807, 2.05) is 30.3 Å². The molecule has 1 aromatic heterocycles. The van der Waals surface area contributed by atoms with Crippen LogP contribution in [0.25, 0.3) is 0 Å². The van der Waals surface area contributed by atoms with Crippen molar-refractivity contribution in [3.8, 4) is 0 Å². The molecule has 0 radical (unpaired) electrons. The monoisotopic (exact) mass is 358 g/mol. The predicted octanol–water partition coefficient (Wildman–Crippen LogP) is 3.72. The van der Waals surface area contributed by atoms with Gasteiger partial charge in [-0.1, -0.05) is 88.3 Å². The number of rotatable bonds is 3. The van der Waals surface area contributed by atoms with Gasteiger partial charge in [-0.25, -0.2) is 4.68 Å². The van der Waals surface area contributed by atoms with E-state index >= 15 is 0 Å². The van der Waals surface area contributed by atoms with E-state index in [2.05, 4.69) is 15.5 Å². The van der Waals surface area contributed by atoms with Crippen molar-refractivity contribution in [2.45, 2.75) is 14.7 Å². The molecule has 1 aromatic carbocycles. The first kappa shape index (κ1) is 15.1. The maximum absolute atomic E-state index is 6.06. The Kier molecular flexibility index (Phi) is 4.48. The minimum Gasteiger partial charge on any atom is -0.222 e. The van der Waals surface area contributed by atoms with Crippen LogP contribution >= 0.6 is 58.0 Å². The van der Waals surface area contributed by atoms with Crippen LogP contribution in [-0.2, 0) is 10.9 Å². The molecule has 0 aliphatic carbocycles. The van der Waals surface area contributed by atoms with Crippen LogP contribution in [0.1, 0.15) is 11.4 Å². The number of aromatic nitrogens is 4. The van der Waals surface area contributed by atoms with Gasteiger partial charge < -0.3 is 0 Å². The number of alkyl halides is 5. The van der Waals surface area contributed by atoms with Gasteiger partial charge in [0.15, 0.2) is 5.82 Å². The van der Waals surface area contributed by atoms with Crippen LogP contribution in [0.15, 0.2) is 30.3 Å². The van der Waals surface area contributed by atoms with E-state index in [-0.39, 0.29) is 5.82 Å². The van der Waals surface area contributed by atoms with Gasteiger partial charge >= 0.3 is 0 Å². The Morgan fingerprint density at radius 3 is 2.21 bits per heavy atom. The molecule has 2 rings (SSSR count). The lowest BCUT2D eigenvalue weighted by molar-refractivity contribution is 0.598. The number of nitrogens with zero attached hydrogens (tertiary/aromatic N) is 4. The van der Waals surface area contributed by atoms with E-state index in [1.54, 1.807) is 0 Å². The normalized spacial score (nSPS) is 12.7. The van der Waals surface area contributed by atoms with Crippen molar-refractivity contribution in [1.82, 2.24) is 20.2 Å². The summed E-state index contributed by atoms with van der Waals surface area (Å²) in [6.45, 7) is 0.366. The molecule has 0 spiro atoms. The van der Waals surface area contributed by atoms with Gasteiger partial charge in [-0.2, -0.15) is 0 Å². The molecule has 19 heavy (non-hydrogen) atoms. The molecule has 0 fully saturated rings. The van der Waals surface area contributed by atoms with E-state index in [4.69, 9.17) is 58.0 Å². The Bertz CT molecular complexity index is 549. The molecule has 0 unspecified atom stereocenters. The van der Waals surface area contributed by atoms with Crippen molar-refractivity contribution in [1.29, 1.82) is 0 Å². The molecular weight excluding hydrogens is 353 g/mol. The molecule has 1 heterocycles. The van der Waals surface area contributed by atoms with Crippen LogP contribution in [0.4, 0.5) is 0 Å². The highest BCUT2D eigenvalue weighted by Crippen LogP contribution is 2.51. The fourth-order valence-corrected chi connectivity index (χ4v) is 1.94. The zero-order chi connectivity index (χ0) is 14.1. The lowest BCUT2D eigenvalue weighted by atomic mass is 10.2. The summed E-state index contributed by atoms with van der Waals surface area (Å²) < 4.78 is -2.42. The first-order valence-corrected chi connectivity index (χ1v) is 6.96. The number of hydrogen-bond donors (Lipinski definition) is 0. The minimum atomic E-state index is -1.96. The zero-order valence-electron chi connectivity index (χ0n) is 9.27. The molecule has 0 aliphatic heterocycles. The van der Waals surface area contributed by atoms with Crippen molar-refractivity contribution in [2.75, 3.05) is 0 Å². The fraction of sp³-hybridized carbons (Fsp3) is 0.300. The van der Waals surface area contributed by atoms with Gasteiger partial charge in [0.25, 0.3) is 0 Å². The Labute approximate surface area is 134 Å². The number of halogens is 5. The van der Waals surface area contributed by atoms with E-state index in [0.717, 1.165) is 5.56 Å². The average molecular weight is 360 g/mol. The highest BCUT2D eigenvalue weighted by Gasteiger charge is 2.51. The second kappa shape index (κ2) is 5.62. The largest absolute Gasteiger partial charge is 0.230 e. The Hall–Kier alpha value is -0.260. The average Bonchev–Trinajstić information content (AvgIpc) is 2.77. The number of hydrogen-bond acceptors (Lipinski definition) is 3. The van der Waals surface area contributed by atoms with Gasteiger partial charge in [-0.05, 0) is 16.0 Å². The third-order valence-corrected chi connectivity index (χ3v) is 4.68. The summed E-state index contributed by atoms with van der Waals surface area (Å²) in [6.07, 6.45) is 0. The van der Waals surface area contributed by atoms with E-state index in [9.17, 15) is 0 Å². The van der Waals surface area contributed by atoms with Gasteiger partial charge in [0.1, 0.15) is 0 Å². The Morgan fingerprint density at radius 1 is 1.00 bits per heavy atom. The summed E-state index contributed by atoms with van der Waals surface area (Å²) in [5, 5.41) is 11.1. The zero-order valence-corrected chi connectivity index (χ0v) is 13.1. The van der Waals surface area contributed by atoms with E-state index in [1.165, 1.54) is 4.68 Å². The van der Waals surface area contributed by atoms with E-state index in [0.29, 0.717) is 6.54 Å². The predicted molar refractivity (Wildman–Crippen MR) is 77.0 cm³/mol. The number of benzene rings is 1. The van der Waals surface area contributed by atoms with Crippen LogP contribution < -0.4 is 0 Å². The quantitative estimate of drug-likeness (QED) is 0.784. The molecule has 0 N–H and O–H groups in total. The standard InChI is InChI=1S/C10H7Cl5N4/c11-9(12,10(13,14)15)8-16-17-18-19(8)6-7-4-2-1-3-5-7/h1-5H,6H2. The van der Waals surface area contributed by atoms with Crippen LogP contribution in [0.2, 0.25) is 0 Å². The lowest BCUT2D eigenvalue weighted by Crippen LogP contribution is -2.32. The van der Waals surface area contributed by atoms with Crippen LogP contribution in [0, 0.1) is 0 Å². The molecule has 0 atom stereocenters. The Morgan fingerprint density at radius 2 is 1.63 bits per heavy atom. The van der Waals surface area contributed by atoms with Gasteiger partial charge in [-0.3, -0.25) is 0 Å². The number of tetrazole rings is 1. The van der Waals surface area contributed by atoms with Gasteiger partial charge in [0.05, 0.1) is 6.54 Å². The minimum absolute atomic E-state index is 0.0692. The molecule has 102 valence electrons. The highest BCUT2D eigenvalue weighted by molar-refractivity contribution is 6.75. The molecule has 0 saturated heterocycles. The molecule has 2 aromatic rings. The molecule has 0 bridgehead atoms. The topological polar surface area (TPSA) is 43.6 Å². The maximum atomic E-state index is 6.06. The summed E-state index contributed by atoms with van der Waals surface area (Å²) in [6, 6.07) is 9.50. The molecule has 0 saturated carbocycles. The fourth-order valence-electron chi connectivity index (χ4n) is 1.42. The lowest BCUT2D eigenvalue weighted by Gasteiger charge is -2.25. The van der Waals surface area contributed by atoms with Crippen molar-refractivity contribution in [3.05, 3.63) is 41.7 Å². The van der Waals surface area contributed by atoms with Crippen molar-refractivity contribution in [3.63, 3.8) is 0 Å². The van der Waals surface area contributed by atoms with Gasteiger partial charge in [-0.15, -0.1) is 5.10 Å². The van der Waals surface area contributed by atoms with Crippen LogP contribution in [-0.4, -0.2) is 24.0 Å². The van der Waals surface area contributed by atoms with Crippen molar-refractivity contribution in [2.24, 2.45) is 0 Å². The molecule has 4 nitrogen and oxygen atoms in total. The summed E-state index contributed by atoms with van der Waals surface area (Å²) >= 11 is 29.4. The third-order valence-electron chi connectivity index (χ3n) is 2.34. The van der Waals surface area contributed by atoms with Gasteiger partial charge in [0, 0.05) is 0 Å². The first-order valence-electron chi connectivity index (χ1n) is 5.07. The summed E-state index contributed by atoms with van der Waals surface area (Å²) in [5.74, 6) is 0.0692. The van der Waals surface area contributed by atoms with Crippen LogP contribution in [0.3, 0.4) is 0 Å². The summed E-state index contributed by atoms with van der Waals surface area (Å²) in [4.78, 5) is 0. The second-order valence-corrected chi connectivity index (χ2v) is 7.33. The van der Waals surface area contributed by atoms with Crippen LogP contribution in [0.5, 0.6) is 0 Å². The first-order chi connectivity index (χ1) is 8.82. The van der Waals surface area contributed by atoms with E-state index < -0.39 is 8.13 Å². The Balaban J connectivity index is 2.33. The third kappa shape index (κ3) is 3.26. The van der Waals surface area contributed by atoms with Gasteiger partial charge in [0.2, 0.25) is 8.13 Å². The van der Waals surface area contributed by atoms with Crippen molar-refractivity contribution < 1.29 is 0 Å². The maximum Gasteiger partial charge on any atom is 0.230 e. The SMILES string of the molecule is ClC(Cl)(Cl)C(Cl)(Cl)c1nnnn1Cc1ccccc1. The molecule has 0 amide bonds. The molecule has 0 aliphatic rings. The smallest absolute Gasteiger partial charge is 0.222 e.